The van der Waals surface area contributed by atoms with Crippen LogP contribution >= 0.6 is 0 Å². The van der Waals surface area contributed by atoms with Crippen LogP contribution in [0.1, 0.15) is 37.8 Å². The van der Waals surface area contributed by atoms with Crippen molar-refractivity contribution in [2.45, 2.75) is 40.0 Å². The van der Waals surface area contributed by atoms with Gasteiger partial charge in [0.2, 0.25) is 5.91 Å². The van der Waals surface area contributed by atoms with Crippen molar-refractivity contribution in [1.29, 1.82) is 0 Å². The molecule has 19 heavy (non-hydrogen) atoms. The Balaban J connectivity index is 2.19. The minimum atomic E-state index is -0.238. The molecule has 0 saturated carbocycles. The Labute approximate surface area is 115 Å². The molecular formula is C16H24N2O. The molecule has 0 bridgehead atoms. The zero-order valence-corrected chi connectivity index (χ0v) is 12.2. The maximum absolute atomic E-state index is 12.6. The molecule has 104 valence electrons. The maximum Gasteiger partial charge on any atom is 0.230 e. The van der Waals surface area contributed by atoms with Crippen molar-refractivity contribution in [2.75, 3.05) is 18.4 Å². The predicted octanol–water partition coefficient (Wildman–Crippen LogP) is 2.89. The third kappa shape index (κ3) is 2.98. The lowest BCUT2D eigenvalue weighted by Crippen LogP contribution is -2.43. The van der Waals surface area contributed by atoms with Crippen LogP contribution in [0.15, 0.2) is 18.2 Å². The van der Waals surface area contributed by atoms with Crippen molar-refractivity contribution in [3.8, 4) is 0 Å². The molecule has 1 fully saturated rings. The SMILES string of the molecule is CCc1cccc(C)c1NC(=O)C1(C)CCNCC1. The number of anilines is 1. The lowest BCUT2D eigenvalue weighted by molar-refractivity contribution is -0.126. The average Bonchev–Trinajstić information content (AvgIpc) is 2.41. The normalized spacial score (nSPS) is 18.1. The van der Waals surface area contributed by atoms with Crippen LogP contribution < -0.4 is 10.6 Å². The Morgan fingerprint density at radius 2 is 2.05 bits per heavy atom. The molecule has 0 unspecified atom stereocenters. The third-order valence-corrected chi connectivity index (χ3v) is 4.23. The number of piperidine rings is 1. The molecule has 0 radical (unpaired) electrons. The first-order chi connectivity index (χ1) is 9.07. The summed E-state index contributed by atoms with van der Waals surface area (Å²) in [5, 5.41) is 6.49. The quantitative estimate of drug-likeness (QED) is 0.877. The van der Waals surface area contributed by atoms with E-state index in [4.69, 9.17) is 0 Å². The largest absolute Gasteiger partial charge is 0.325 e. The Kier molecular flexibility index (Phi) is 4.25. The van der Waals surface area contributed by atoms with Gasteiger partial charge in [-0.2, -0.15) is 0 Å². The molecule has 0 atom stereocenters. The van der Waals surface area contributed by atoms with Gasteiger partial charge in [-0.1, -0.05) is 32.0 Å². The lowest BCUT2D eigenvalue weighted by atomic mass is 9.80. The van der Waals surface area contributed by atoms with Crippen molar-refractivity contribution in [3.63, 3.8) is 0 Å². The molecule has 0 spiro atoms. The first kappa shape index (κ1) is 14.1. The van der Waals surface area contributed by atoms with Crippen LogP contribution in [0.2, 0.25) is 0 Å². The van der Waals surface area contributed by atoms with Crippen LogP contribution in [0, 0.1) is 12.3 Å². The van der Waals surface area contributed by atoms with E-state index in [-0.39, 0.29) is 11.3 Å². The van der Waals surface area contributed by atoms with Crippen LogP contribution in [-0.4, -0.2) is 19.0 Å². The molecule has 0 aromatic heterocycles. The van der Waals surface area contributed by atoms with Gasteiger partial charge in [0.1, 0.15) is 0 Å². The van der Waals surface area contributed by atoms with Crippen molar-refractivity contribution in [1.82, 2.24) is 5.32 Å². The van der Waals surface area contributed by atoms with Crippen molar-refractivity contribution >= 4 is 11.6 Å². The van der Waals surface area contributed by atoms with E-state index in [1.807, 2.05) is 0 Å². The van der Waals surface area contributed by atoms with Gasteiger partial charge in [-0.3, -0.25) is 4.79 Å². The molecule has 1 amide bonds. The van der Waals surface area contributed by atoms with E-state index >= 15 is 0 Å². The number of aryl methyl sites for hydroxylation is 2. The molecule has 1 aliphatic rings. The molecule has 2 rings (SSSR count). The van der Waals surface area contributed by atoms with Crippen molar-refractivity contribution in [3.05, 3.63) is 29.3 Å². The Hall–Kier alpha value is -1.35. The van der Waals surface area contributed by atoms with E-state index in [2.05, 4.69) is 49.6 Å². The summed E-state index contributed by atoms with van der Waals surface area (Å²) < 4.78 is 0. The summed E-state index contributed by atoms with van der Waals surface area (Å²) in [6, 6.07) is 6.20. The van der Waals surface area contributed by atoms with Crippen LogP contribution in [0.3, 0.4) is 0 Å². The van der Waals surface area contributed by atoms with Crippen LogP contribution in [0.5, 0.6) is 0 Å². The highest BCUT2D eigenvalue weighted by molar-refractivity contribution is 5.96. The molecule has 3 heteroatoms. The van der Waals surface area contributed by atoms with Crippen LogP contribution in [0.25, 0.3) is 0 Å². The standard InChI is InChI=1S/C16H24N2O/c1-4-13-7-5-6-12(2)14(13)18-15(19)16(3)8-10-17-11-9-16/h5-7,17H,4,8-11H2,1-3H3,(H,18,19). The van der Waals surface area contributed by atoms with Gasteiger partial charge < -0.3 is 10.6 Å². The average molecular weight is 260 g/mol. The summed E-state index contributed by atoms with van der Waals surface area (Å²) in [4.78, 5) is 12.6. The number of rotatable bonds is 3. The smallest absolute Gasteiger partial charge is 0.230 e. The Morgan fingerprint density at radius 1 is 1.37 bits per heavy atom. The summed E-state index contributed by atoms with van der Waals surface area (Å²) in [6.45, 7) is 8.11. The fraction of sp³-hybridized carbons (Fsp3) is 0.562. The number of carbonyl (C=O) groups is 1. The number of hydrogen-bond acceptors (Lipinski definition) is 2. The first-order valence-electron chi connectivity index (χ1n) is 7.17. The summed E-state index contributed by atoms with van der Waals surface area (Å²) in [6.07, 6.45) is 2.76. The highest BCUT2D eigenvalue weighted by atomic mass is 16.2. The number of benzene rings is 1. The molecule has 1 saturated heterocycles. The number of hydrogen-bond donors (Lipinski definition) is 2. The van der Waals surface area contributed by atoms with E-state index in [9.17, 15) is 4.79 Å². The number of nitrogens with one attached hydrogen (secondary N) is 2. The summed E-state index contributed by atoms with van der Waals surface area (Å²) in [5.41, 5.74) is 3.13. The molecule has 1 heterocycles. The van der Waals surface area contributed by atoms with E-state index in [0.717, 1.165) is 43.6 Å². The topological polar surface area (TPSA) is 41.1 Å². The Morgan fingerprint density at radius 3 is 2.68 bits per heavy atom. The lowest BCUT2D eigenvalue weighted by Gasteiger charge is -2.33. The molecule has 1 aromatic rings. The molecule has 3 nitrogen and oxygen atoms in total. The second kappa shape index (κ2) is 5.74. The molecule has 0 aliphatic carbocycles. The zero-order chi connectivity index (χ0) is 13.9. The second-order valence-electron chi connectivity index (χ2n) is 5.73. The maximum atomic E-state index is 12.6. The fourth-order valence-corrected chi connectivity index (χ4v) is 2.67. The van der Waals surface area contributed by atoms with Crippen molar-refractivity contribution < 1.29 is 4.79 Å². The van der Waals surface area contributed by atoms with Gasteiger partial charge in [0.25, 0.3) is 0 Å². The van der Waals surface area contributed by atoms with Gasteiger partial charge in [-0.25, -0.2) is 0 Å². The minimum absolute atomic E-state index is 0.165. The highest BCUT2D eigenvalue weighted by Gasteiger charge is 2.34. The second-order valence-corrected chi connectivity index (χ2v) is 5.73. The van der Waals surface area contributed by atoms with E-state index in [1.165, 1.54) is 5.56 Å². The van der Waals surface area contributed by atoms with Crippen molar-refractivity contribution in [2.24, 2.45) is 5.41 Å². The van der Waals surface area contributed by atoms with E-state index in [1.54, 1.807) is 0 Å². The van der Waals surface area contributed by atoms with E-state index < -0.39 is 0 Å². The fourth-order valence-electron chi connectivity index (χ4n) is 2.67. The van der Waals surface area contributed by atoms with Gasteiger partial charge >= 0.3 is 0 Å². The van der Waals surface area contributed by atoms with E-state index in [0.29, 0.717) is 0 Å². The number of carbonyl (C=O) groups excluding carboxylic acids is 1. The molecule has 1 aliphatic heterocycles. The van der Waals surface area contributed by atoms with Crippen LogP contribution in [0.4, 0.5) is 5.69 Å². The summed E-state index contributed by atoms with van der Waals surface area (Å²) >= 11 is 0. The number of para-hydroxylation sites is 1. The minimum Gasteiger partial charge on any atom is -0.325 e. The monoisotopic (exact) mass is 260 g/mol. The number of amides is 1. The van der Waals surface area contributed by atoms with Crippen LogP contribution in [-0.2, 0) is 11.2 Å². The summed E-state index contributed by atoms with van der Waals surface area (Å²) in [7, 11) is 0. The summed E-state index contributed by atoms with van der Waals surface area (Å²) in [5.74, 6) is 0.165. The molecule has 1 aromatic carbocycles. The van der Waals surface area contributed by atoms with Gasteiger partial charge in [-0.15, -0.1) is 0 Å². The molecular weight excluding hydrogens is 236 g/mol. The predicted molar refractivity (Wildman–Crippen MR) is 79.4 cm³/mol. The first-order valence-corrected chi connectivity index (χ1v) is 7.17. The Bertz CT molecular complexity index is 462. The highest BCUT2D eigenvalue weighted by Crippen LogP contribution is 2.31. The third-order valence-electron chi connectivity index (χ3n) is 4.23. The van der Waals surface area contributed by atoms with Gasteiger partial charge in [0, 0.05) is 11.1 Å². The molecule has 2 N–H and O–H groups in total. The van der Waals surface area contributed by atoms with Gasteiger partial charge in [-0.05, 0) is 50.4 Å². The van der Waals surface area contributed by atoms with Gasteiger partial charge in [0.15, 0.2) is 0 Å². The zero-order valence-electron chi connectivity index (χ0n) is 12.2. The van der Waals surface area contributed by atoms with Gasteiger partial charge in [0.05, 0.1) is 0 Å².